The van der Waals surface area contributed by atoms with Crippen molar-refractivity contribution in [2.75, 3.05) is 0 Å². The highest BCUT2D eigenvalue weighted by Gasteiger charge is 2.26. The standard InChI is InChI=1S/C20H34O4/c1-15(2)17-8-11-19(4,22)14-18(21)13-16(3)7-6-10-20(5,24-23)12-9-17/h6,8,10-11,13,15,17-18,21-23H,7,9,12,14H2,1-5H3/b10-6+,11-8+,16-13+/t17-,18-,19-,20+/m0/s1. The molecule has 4 atom stereocenters. The lowest BCUT2D eigenvalue weighted by atomic mass is 9.84. The summed E-state index contributed by atoms with van der Waals surface area (Å²) in [7, 11) is 0. The van der Waals surface area contributed by atoms with Crippen molar-refractivity contribution in [1.82, 2.24) is 0 Å². The molecule has 0 saturated heterocycles. The van der Waals surface area contributed by atoms with Crippen molar-refractivity contribution < 1.29 is 20.4 Å². The van der Waals surface area contributed by atoms with Gasteiger partial charge in [-0.1, -0.05) is 49.8 Å². The average Bonchev–Trinajstić information content (AvgIpc) is 2.45. The highest BCUT2D eigenvalue weighted by atomic mass is 17.1. The molecule has 0 aromatic rings. The van der Waals surface area contributed by atoms with Gasteiger partial charge in [0.1, 0.15) is 5.60 Å². The van der Waals surface area contributed by atoms with E-state index >= 15 is 0 Å². The molecule has 0 fully saturated rings. The Kier molecular flexibility index (Phi) is 7.87. The van der Waals surface area contributed by atoms with Crippen LogP contribution < -0.4 is 0 Å². The molecule has 0 aliphatic heterocycles. The van der Waals surface area contributed by atoms with E-state index in [-0.39, 0.29) is 12.3 Å². The second kappa shape index (κ2) is 8.95. The summed E-state index contributed by atoms with van der Waals surface area (Å²) in [6.45, 7) is 9.80. The lowest BCUT2D eigenvalue weighted by Gasteiger charge is -2.27. The van der Waals surface area contributed by atoms with Gasteiger partial charge < -0.3 is 10.2 Å². The maximum Gasteiger partial charge on any atom is 0.119 e. The topological polar surface area (TPSA) is 69.9 Å². The number of hydrogen-bond acceptors (Lipinski definition) is 4. The Labute approximate surface area is 146 Å². The molecule has 0 spiro atoms. The molecule has 0 amide bonds. The third kappa shape index (κ3) is 7.31. The van der Waals surface area contributed by atoms with Crippen molar-refractivity contribution in [3.05, 3.63) is 36.0 Å². The lowest BCUT2D eigenvalue weighted by molar-refractivity contribution is -0.304. The van der Waals surface area contributed by atoms with Crippen LogP contribution in [0.5, 0.6) is 0 Å². The Hall–Kier alpha value is -0.940. The van der Waals surface area contributed by atoms with Gasteiger partial charge in [0.05, 0.1) is 11.7 Å². The van der Waals surface area contributed by atoms with Gasteiger partial charge in [0.25, 0.3) is 0 Å². The molecule has 0 heterocycles. The predicted molar refractivity (Wildman–Crippen MR) is 97.6 cm³/mol. The number of allylic oxidation sites excluding steroid dienone is 3. The maximum absolute atomic E-state index is 10.5. The molecule has 0 aromatic carbocycles. The third-order valence-corrected chi connectivity index (χ3v) is 4.75. The maximum atomic E-state index is 10.5. The van der Waals surface area contributed by atoms with E-state index in [2.05, 4.69) is 13.8 Å². The summed E-state index contributed by atoms with van der Waals surface area (Å²) in [4.78, 5) is 4.73. The van der Waals surface area contributed by atoms with E-state index < -0.39 is 17.3 Å². The smallest absolute Gasteiger partial charge is 0.119 e. The van der Waals surface area contributed by atoms with Crippen molar-refractivity contribution in [3.8, 4) is 0 Å². The molecule has 4 nitrogen and oxygen atoms in total. The minimum Gasteiger partial charge on any atom is -0.389 e. The van der Waals surface area contributed by atoms with Gasteiger partial charge in [0.2, 0.25) is 0 Å². The molecule has 1 rings (SSSR count). The van der Waals surface area contributed by atoms with E-state index in [9.17, 15) is 15.5 Å². The third-order valence-electron chi connectivity index (χ3n) is 4.75. The summed E-state index contributed by atoms with van der Waals surface area (Å²) in [5, 5.41) is 30.0. The zero-order chi connectivity index (χ0) is 18.4. The van der Waals surface area contributed by atoms with E-state index in [0.717, 1.165) is 12.0 Å². The summed E-state index contributed by atoms with van der Waals surface area (Å²) in [5.74, 6) is 0.667. The van der Waals surface area contributed by atoms with Crippen molar-refractivity contribution in [2.24, 2.45) is 11.8 Å². The van der Waals surface area contributed by atoms with Crippen LogP contribution in [0.1, 0.15) is 60.3 Å². The Bertz CT molecular complexity index is 476. The summed E-state index contributed by atoms with van der Waals surface area (Å²) < 4.78 is 0. The number of aliphatic hydroxyl groups excluding tert-OH is 1. The molecule has 138 valence electrons. The molecule has 0 radical (unpaired) electrons. The number of aliphatic hydroxyl groups is 2. The second-order valence-electron chi connectivity index (χ2n) is 7.96. The van der Waals surface area contributed by atoms with E-state index in [1.165, 1.54) is 0 Å². The van der Waals surface area contributed by atoms with E-state index in [1.807, 2.05) is 32.1 Å². The average molecular weight is 338 g/mol. The van der Waals surface area contributed by atoms with Crippen molar-refractivity contribution in [3.63, 3.8) is 0 Å². The molecule has 1 aliphatic carbocycles. The molecular formula is C20H34O4. The SMILES string of the molecule is C/C1=C\[C@H](O)C[C@@](C)(O)/C=C/[C@H](C(C)C)CC[C@](C)(OO)/C=C/C1. The zero-order valence-electron chi connectivity index (χ0n) is 15.7. The van der Waals surface area contributed by atoms with Gasteiger partial charge in [-0.3, -0.25) is 5.26 Å². The molecule has 4 heteroatoms. The first kappa shape index (κ1) is 21.1. The van der Waals surface area contributed by atoms with E-state index in [1.54, 1.807) is 19.1 Å². The van der Waals surface area contributed by atoms with Gasteiger partial charge in [-0.25, -0.2) is 4.89 Å². The minimum atomic E-state index is -1.06. The van der Waals surface area contributed by atoms with Crippen LogP contribution in [0.3, 0.4) is 0 Å². The Morgan fingerprint density at radius 3 is 2.50 bits per heavy atom. The van der Waals surface area contributed by atoms with Crippen LogP contribution >= 0.6 is 0 Å². The van der Waals surface area contributed by atoms with Crippen LogP contribution in [0.2, 0.25) is 0 Å². The van der Waals surface area contributed by atoms with E-state index in [0.29, 0.717) is 18.8 Å². The van der Waals surface area contributed by atoms with Crippen molar-refractivity contribution >= 4 is 0 Å². The molecule has 24 heavy (non-hydrogen) atoms. The predicted octanol–water partition coefficient (Wildman–Crippen LogP) is 4.25. The lowest BCUT2D eigenvalue weighted by Crippen LogP contribution is -2.28. The summed E-state index contributed by atoms with van der Waals surface area (Å²) in [5.41, 5.74) is -0.775. The fourth-order valence-corrected chi connectivity index (χ4v) is 3.04. The summed E-state index contributed by atoms with van der Waals surface area (Å²) in [6, 6.07) is 0. The van der Waals surface area contributed by atoms with Gasteiger partial charge in [0.15, 0.2) is 0 Å². The van der Waals surface area contributed by atoms with Crippen molar-refractivity contribution in [1.29, 1.82) is 0 Å². The number of rotatable bonds is 2. The highest BCUT2D eigenvalue weighted by molar-refractivity contribution is 5.12. The zero-order valence-corrected chi connectivity index (χ0v) is 15.7. The van der Waals surface area contributed by atoms with Gasteiger partial charge in [0, 0.05) is 6.42 Å². The van der Waals surface area contributed by atoms with Crippen LogP contribution in [0.25, 0.3) is 0 Å². The fourth-order valence-electron chi connectivity index (χ4n) is 3.04. The molecule has 0 unspecified atom stereocenters. The Morgan fingerprint density at radius 2 is 1.92 bits per heavy atom. The molecule has 3 N–H and O–H groups in total. The quantitative estimate of drug-likeness (QED) is 0.400. The molecular weight excluding hydrogens is 304 g/mol. The van der Waals surface area contributed by atoms with Crippen LogP contribution in [-0.2, 0) is 4.89 Å². The van der Waals surface area contributed by atoms with Gasteiger partial charge >= 0.3 is 0 Å². The van der Waals surface area contributed by atoms with E-state index in [4.69, 9.17) is 4.89 Å². The first-order chi connectivity index (χ1) is 11.1. The van der Waals surface area contributed by atoms with Crippen LogP contribution in [-0.4, -0.2) is 32.8 Å². The molecule has 1 aliphatic rings. The van der Waals surface area contributed by atoms with Crippen molar-refractivity contribution in [2.45, 2.75) is 77.6 Å². The van der Waals surface area contributed by atoms with Crippen LogP contribution in [0.4, 0.5) is 0 Å². The number of hydrogen-bond donors (Lipinski definition) is 3. The van der Waals surface area contributed by atoms with Crippen LogP contribution in [0, 0.1) is 11.8 Å². The van der Waals surface area contributed by atoms with Gasteiger partial charge in [-0.05, 0) is 51.9 Å². The molecule has 0 saturated carbocycles. The fraction of sp³-hybridized carbons (Fsp3) is 0.700. The van der Waals surface area contributed by atoms with Crippen LogP contribution in [0.15, 0.2) is 36.0 Å². The Balaban J connectivity index is 3.11. The highest BCUT2D eigenvalue weighted by Crippen LogP contribution is 2.28. The molecule has 0 bridgehead atoms. The largest absolute Gasteiger partial charge is 0.389 e. The minimum absolute atomic E-state index is 0.261. The first-order valence-electron chi connectivity index (χ1n) is 8.84. The summed E-state index contributed by atoms with van der Waals surface area (Å²) in [6.07, 6.45) is 11.2. The second-order valence-corrected chi connectivity index (χ2v) is 7.96. The van der Waals surface area contributed by atoms with Gasteiger partial charge in [-0.2, -0.15) is 0 Å². The first-order valence-corrected chi connectivity index (χ1v) is 8.84. The summed E-state index contributed by atoms with van der Waals surface area (Å²) >= 11 is 0. The molecule has 0 aromatic heterocycles. The Morgan fingerprint density at radius 1 is 1.25 bits per heavy atom. The van der Waals surface area contributed by atoms with Gasteiger partial charge in [-0.15, -0.1) is 0 Å². The monoisotopic (exact) mass is 338 g/mol. The normalized spacial score (nSPS) is 41.3.